The van der Waals surface area contributed by atoms with Crippen LogP contribution < -0.4 is 4.90 Å². The zero-order valence-corrected chi connectivity index (χ0v) is 18.9. The first-order valence-corrected chi connectivity index (χ1v) is 11.2. The summed E-state index contributed by atoms with van der Waals surface area (Å²) in [6, 6.07) is 6.24. The minimum Gasteiger partial charge on any atom is -0.371 e. The second-order valence-corrected chi connectivity index (χ2v) is 8.13. The molecule has 0 spiro atoms. The lowest BCUT2D eigenvalue weighted by molar-refractivity contribution is -0.138. The summed E-state index contributed by atoms with van der Waals surface area (Å²) < 4.78 is 87.1. The minimum atomic E-state index is -4.70. The number of anilines is 1. The Morgan fingerprint density at radius 3 is 1.46 bits per heavy atom. The third kappa shape index (κ3) is 8.07. The number of hydrogen-bond donors (Lipinski definition) is 0. The van der Waals surface area contributed by atoms with Crippen molar-refractivity contribution in [2.75, 3.05) is 18.0 Å². The first-order valence-electron chi connectivity index (χ1n) is 11.2. The highest BCUT2D eigenvalue weighted by Gasteiger charge is 2.35. The van der Waals surface area contributed by atoms with E-state index >= 15 is 0 Å². The van der Waals surface area contributed by atoms with Crippen LogP contribution in [-0.4, -0.2) is 25.7 Å². The normalized spacial score (nSPS) is 15.6. The van der Waals surface area contributed by atoms with Crippen LogP contribution in [0, 0.1) is 5.82 Å². The molecule has 1 saturated carbocycles. The molecule has 1 aliphatic carbocycles. The van der Waals surface area contributed by atoms with Gasteiger partial charge in [0.25, 0.3) is 0 Å². The van der Waals surface area contributed by atoms with E-state index in [-0.39, 0.29) is 11.8 Å². The molecule has 0 N–H and O–H groups in total. The van der Waals surface area contributed by atoms with Crippen LogP contribution in [0.5, 0.6) is 0 Å². The van der Waals surface area contributed by atoms with Gasteiger partial charge < -0.3 is 4.90 Å². The number of hydrogen-bond acceptors (Lipinski definition) is 3. The lowest BCUT2D eigenvalue weighted by Gasteiger charge is -2.21. The number of rotatable bonds is 3. The molecule has 35 heavy (non-hydrogen) atoms. The Hall–Kier alpha value is -2.91. The van der Waals surface area contributed by atoms with Gasteiger partial charge in [0.05, 0.1) is 16.7 Å². The summed E-state index contributed by atoms with van der Waals surface area (Å²) in [5.74, 6) is -1.16. The van der Waals surface area contributed by atoms with Gasteiger partial charge in [-0.2, -0.15) is 26.3 Å². The highest BCUT2D eigenvalue weighted by atomic mass is 19.4. The second-order valence-electron chi connectivity index (χ2n) is 8.13. The molecule has 0 radical (unpaired) electrons. The maximum Gasteiger partial charge on any atom is 0.417 e. The van der Waals surface area contributed by atoms with Crippen molar-refractivity contribution < 1.29 is 40.3 Å². The van der Waals surface area contributed by atoms with Gasteiger partial charge >= 0.3 is 12.4 Å². The quantitative estimate of drug-likeness (QED) is 0.317. The van der Waals surface area contributed by atoms with Gasteiger partial charge in [0.2, 0.25) is 0 Å². The molecule has 10 heteroatoms. The first kappa shape index (κ1) is 28.3. The van der Waals surface area contributed by atoms with Crippen LogP contribution in [0.4, 0.5) is 36.4 Å². The Morgan fingerprint density at radius 1 is 0.629 bits per heavy atom. The van der Waals surface area contributed by atoms with E-state index in [1.54, 1.807) is 6.07 Å². The zero-order valence-electron chi connectivity index (χ0n) is 18.9. The van der Waals surface area contributed by atoms with Gasteiger partial charge in [-0.15, -0.1) is 0 Å². The number of aldehydes is 2. The van der Waals surface area contributed by atoms with Gasteiger partial charge in [0.15, 0.2) is 12.6 Å². The molecule has 0 unspecified atom stereocenters. The smallest absolute Gasteiger partial charge is 0.371 e. The molecule has 1 aliphatic heterocycles. The van der Waals surface area contributed by atoms with E-state index in [0.717, 1.165) is 31.0 Å². The summed E-state index contributed by atoms with van der Waals surface area (Å²) in [4.78, 5) is 22.9. The molecule has 2 aromatic carbocycles. The van der Waals surface area contributed by atoms with Gasteiger partial charge in [-0.3, -0.25) is 9.59 Å². The third-order valence-corrected chi connectivity index (χ3v) is 5.68. The average Bonchev–Trinajstić information content (AvgIpc) is 3.54. The summed E-state index contributed by atoms with van der Waals surface area (Å²) in [5, 5.41) is 0. The molecule has 1 saturated heterocycles. The van der Waals surface area contributed by atoms with Crippen LogP contribution in [-0.2, 0) is 12.4 Å². The van der Waals surface area contributed by atoms with Crippen LogP contribution >= 0.6 is 0 Å². The Labute approximate surface area is 198 Å². The zero-order chi connectivity index (χ0) is 26.1. The summed E-state index contributed by atoms with van der Waals surface area (Å²) in [5.41, 5.74) is -2.90. The summed E-state index contributed by atoms with van der Waals surface area (Å²) >= 11 is 0. The maximum absolute atomic E-state index is 12.7. The fourth-order valence-electron chi connectivity index (χ4n) is 3.95. The van der Waals surface area contributed by atoms with Crippen molar-refractivity contribution in [2.24, 2.45) is 0 Å². The van der Waals surface area contributed by atoms with Gasteiger partial charge in [-0.25, -0.2) is 4.39 Å². The van der Waals surface area contributed by atoms with Gasteiger partial charge in [-0.1, -0.05) is 44.2 Å². The highest BCUT2D eigenvalue weighted by Crippen LogP contribution is 2.36. The molecule has 2 fully saturated rings. The van der Waals surface area contributed by atoms with Gasteiger partial charge in [0.1, 0.15) is 5.82 Å². The Bertz CT molecular complexity index is 969. The fraction of sp³-hybridized carbons (Fsp3) is 0.440. The second kappa shape index (κ2) is 12.7. The van der Waals surface area contributed by atoms with E-state index in [4.69, 9.17) is 0 Å². The molecule has 0 atom stereocenters. The Balaban J connectivity index is 0.000000211. The third-order valence-electron chi connectivity index (χ3n) is 5.68. The average molecular weight is 505 g/mol. The van der Waals surface area contributed by atoms with Crippen LogP contribution in [0.15, 0.2) is 36.4 Å². The number of alkyl halides is 6. The Kier molecular flexibility index (Phi) is 10.3. The predicted octanol–water partition coefficient (Wildman–Crippen LogP) is 7.73. The SMILES string of the molecule is C1CCCC1.O=Cc1c(F)cccc1C(F)(F)F.O=Cc1c(N2CCCC2)cccc1C(F)(F)F. The van der Waals surface area contributed by atoms with Crippen molar-refractivity contribution in [3.8, 4) is 0 Å². The standard InChI is InChI=1S/C12H12F3NO.C8H4F4O.C5H10/c13-12(14,15)10-4-3-5-11(9(10)8-17)16-6-1-2-7-16;9-7-3-1-2-6(5(7)4-13)8(10,11)12;1-2-4-5-3-1/h3-5,8H,1-2,6-7H2;1-4H;1-5H2. The molecule has 0 amide bonds. The van der Waals surface area contributed by atoms with Crippen LogP contribution in [0.25, 0.3) is 0 Å². The number of benzene rings is 2. The van der Waals surface area contributed by atoms with Crippen molar-refractivity contribution in [1.29, 1.82) is 0 Å². The first-order chi connectivity index (χ1) is 16.5. The van der Waals surface area contributed by atoms with Gasteiger partial charge in [-0.05, 0) is 37.1 Å². The van der Waals surface area contributed by atoms with Crippen molar-refractivity contribution in [2.45, 2.75) is 57.3 Å². The summed E-state index contributed by atoms with van der Waals surface area (Å²) in [6.45, 7) is 1.42. The van der Waals surface area contributed by atoms with E-state index in [1.807, 2.05) is 4.90 Å². The molecule has 0 aromatic heterocycles. The lowest BCUT2D eigenvalue weighted by atomic mass is 10.1. The molecule has 192 valence electrons. The van der Waals surface area contributed by atoms with E-state index in [0.29, 0.717) is 31.1 Å². The molecular formula is C25H26F7NO2. The lowest BCUT2D eigenvalue weighted by Crippen LogP contribution is -2.21. The van der Waals surface area contributed by atoms with E-state index < -0.39 is 34.9 Å². The monoisotopic (exact) mass is 505 g/mol. The van der Waals surface area contributed by atoms with E-state index in [9.17, 15) is 40.3 Å². The summed E-state index contributed by atoms with van der Waals surface area (Å²) in [6.07, 6.45) is 0.391. The van der Waals surface area contributed by atoms with Crippen molar-refractivity contribution in [1.82, 2.24) is 0 Å². The minimum absolute atomic E-state index is 0.141. The molecule has 2 aromatic rings. The molecule has 2 aliphatic rings. The van der Waals surface area contributed by atoms with Crippen LogP contribution in [0.2, 0.25) is 0 Å². The van der Waals surface area contributed by atoms with E-state index in [2.05, 4.69) is 0 Å². The topological polar surface area (TPSA) is 37.4 Å². The predicted molar refractivity (Wildman–Crippen MR) is 118 cm³/mol. The molecule has 4 rings (SSSR count). The summed E-state index contributed by atoms with van der Waals surface area (Å²) in [7, 11) is 0. The van der Waals surface area contributed by atoms with Gasteiger partial charge in [0, 0.05) is 24.3 Å². The molecule has 3 nitrogen and oxygen atoms in total. The molecular weight excluding hydrogens is 479 g/mol. The molecule has 0 bridgehead atoms. The maximum atomic E-state index is 12.7. The highest BCUT2D eigenvalue weighted by molar-refractivity contribution is 5.87. The molecule has 1 heterocycles. The van der Waals surface area contributed by atoms with Crippen LogP contribution in [0.1, 0.15) is 76.8 Å². The largest absolute Gasteiger partial charge is 0.417 e. The number of nitrogens with zero attached hydrogens (tertiary/aromatic N) is 1. The van der Waals surface area contributed by atoms with E-state index in [1.165, 1.54) is 38.2 Å². The number of carbonyl (C=O) groups is 2. The number of halogens is 7. The number of carbonyl (C=O) groups excluding carboxylic acids is 2. The van der Waals surface area contributed by atoms with Crippen molar-refractivity contribution in [3.05, 3.63) is 64.5 Å². The van der Waals surface area contributed by atoms with Crippen molar-refractivity contribution in [3.63, 3.8) is 0 Å². The fourth-order valence-corrected chi connectivity index (χ4v) is 3.95. The Morgan fingerprint density at radius 2 is 1.06 bits per heavy atom. The van der Waals surface area contributed by atoms with Crippen LogP contribution in [0.3, 0.4) is 0 Å². The van der Waals surface area contributed by atoms with Crippen molar-refractivity contribution >= 4 is 18.3 Å².